The number of hydrogen-bond donors (Lipinski definition) is 0. The van der Waals surface area contributed by atoms with Crippen molar-refractivity contribution in [1.29, 1.82) is 5.26 Å². The van der Waals surface area contributed by atoms with Gasteiger partial charge in [0.15, 0.2) is 0 Å². The van der Waals surface area contributed by atoms with E-state index in [2.05, 4.69) is 20.9 Å². The summed E-state index contributed by atoms with van der Waals surface area (Å²) in [4.78, 5) is 9.55. The summed E-state index contributed by atoms with van der Waals surface area (Å²) in [5.41, 5.74) is 2.79. The van der Waals surface area contributed by atoms with Crippen LogP contribution in [-0.2, 0) is 0 Å². The van der Waals surface area contributed by atoms with Gasteiger partial charge in [0.2, 0.25) is 0 Å². The van der Waals surface area contributed by atoms with Crippen molar-refractivity contribution < 1.29 is 0 Å². The average molecular weight is 270 g/mol. The monoisotopic (exact) mass is 270 g/mol. The van der Waals surface area contributed by atoms with E-state index in [-0.39, 0.29) is 0 Å². The van der Waals surface area contributed by atoms with Crippen molar-refractivity contribution in [2.75, 3.05) is 31.1 Å². The first-order valence-electron chi connectivity index (χ1n) is 7.56. The highest BCUT2D eigenvalue weighted by Gasteiger charge is 2.31. The number of anilines is 1. The predicted molar refractivity (Wildman–Crippen MR) is 79.9 cm³/mol. The van der Waals surface area contributed by atoms with Crippen molar-refractivity contribution in [2.45, 2.75) is 39.2 Å². The van der Waals surface area contributed by atoms with Gasteiger partial charge in [-0.1, -0.05) is 0 Å². The SMILES string of the molecule is Cc1cc(C)c(C#N)c(N2CCC(N3CCCC3)C2)n1. The molecule has 4 nitrogen and oxygen atoms in total. The van der Waals surface area contributed by atoms with Gasteiger partial charge in [0.05, 0.1) is 5.56 Å². The fraction of sp³-hybridized carbons (Fsp3) is 0.625. The molecule has 3 heterocycles. The van der Waals surface area contributed by atoms with Crippen LogP contribution in [0.3, 0.4) is 0 Å². The molecule has 0 N–H and O–H groups in total. The highest BCUT2D eigenvalue weighted by molar-refractivity contribution is 5.58. The Kier molecular flexibility index (Phi) is 3.62. The molecule has 3 rings (SSSR count). The number of aromatic nitrogens is 1. The molecule has 0 aliphatic carbocycles. The Bertz CT molecular complexity index is 540. The molecular weight excluding hydrogens is 248 g/mol. The van der Waals surface area contributed by atoms with Crippen LogP contribution in [0.5, 0.6) is 0 Å². The van der Waals surface area contributed by atoms with Crippen LogP contribution >= 0.6 is 0 Å². The third-order valence-electron chi connectivity index (χ3n) is 4.56. The second-order valence-corrected chi connectivity index (χ2v) is 6.02. The zero-order valence-corrected chi connectivity index (χ0v) is 12.4. The molecule has 0 aromatic carbocycles. The van der Waals surface area contributed by atoms with E-state index >= 15 is 0 Å². The van der Waals surface area contributed by atoms with Crippen molar-refractivity contribution >= 4 is 5.82 Å². The molecule has 2 aliphatic heterocycles. The smallest absolute Gasteiger partial charge is 0.147 e. The van der Waals surface area contributed by atoms with Gasteiger partial charge in [0.1, 0.15) is 11.9 Å². The number of likely N-dealkylation sites (tertiary alicyclic amines) is 1. The third-order valence-corrected chi connectivity index (χ3v) is 4.56. The Labute approximate surface area is 121 Å². The van der Waals surface area contributed by atoms with Gasteiger partial charge in [-0.25, -0.2) is 4.98 Å². The van der Waals surface area contributed by atoms with E-state index in [0.717, 1.165) is 35.7 Å². The minimum Gasteiger partial charge on any atom is -0.354 e. The van der Waals surface area contributed by atoms with Gasteiger partial charge in [-0.05, 0) is 57.8 Å². The highest BCUT2D eigenvalue weighted by Crippen LogP contribution is 2.28. The third kappa shape index (κ3) is 2.38. The molecule has 0 amide bonds. The van der Waals surface area contributed by atoms with E-state index in [9.17, 15) is 5.26 Å². The fourth-order valence-corrected chi connectivity index (χ4v) is 3.52. The first kappa shape index (κ1) is 13.4. The molecule has 106 valence electrons. The van der Waals surface area contributed by atoms with Crippen molar-refractivity contribution in [3.8, 4) is 6.07 Å². The molecule has 0 spiro atoms. The number of nitriles is 1. The van der Waals surface area contributed by atoms with Gasteiger partial charge in [-0.15, -0.1) is 0 Å². The van der Waals surface area contributed by atoms with Gasteiger partial charge in [-0.2, -0.15) is 5.26 Å². The zero-order chi connectivity index (χ0) is 14.1. The lowest BCUT2D eigenvalue weighted by Gasteiger charge is -2.24. The highest BCUT2D eigenvalue weighted by atomic mass is 15.3. The summed E-state index contributed by atoms with van der Waals surface area (Å²) in [6.07, 6.45) is 3.86. The van der Waals surface area contributed by atoms with Crippen molar-refractivity contribution in [1.82, 2.24) is 9.88 Å². The van der Waals surface area contributed by atoms with Gasteiger partial charge >= 0.3 is 0 Å². The summed E-state index contributed by atoms with van der Waals surface area (Å²) in [5.74, 6) is 0.895. The zero-order valence-electron chi connectivity index (χ0n) is 12.4. The molecule has 2 saturated heterocycles. The molecule has 0 saturated carbocycles. The maximum Gasteiger partial charge on any atom is 0.147 e. The average Bonchev–Trinajstić information content (AvgIpc) is 3.09. The van der Waals surface area contributed by atoms with E-state index in [4.69, 9.17) is 0 Å². The summed E-state index contributed by atoms with van der Waals surface area (Å²) in [5, 5.41) is 9.40. The van der Waals surface area contributed by atoms with Crippen LogP contribution in [0.2, 0.25) is 0 Å². The Morgan fingerprint density at radius 3 is 2.70 bits per heavy atom. The molecule has 1 atom stereocenters. The van der Waals surface area contributed by atoms with Crippen LogP contribution in [0, 0.1) is 25.2 Å². The van der Waals surface area contributed by atoms with Gasteiger partial charge < -0.3 is 4.90 Å². The van der Waals surface area contributed by atoms with E-state index in [0.29, 0.717) is 6.04 Å². The van der Waals surface area contributed by atoms with E-state index < -0.39 is 0 Å². The summed E-state index contributed by atoms with van der Waals surface area (Å²) in [6, 6.07) is 4.98. The minimum atomic E-state index is 0.645. The van der Waals surface area contributed by atoms with Gasteiger partial charge in [-0.3, -0.25) is 4.90 Å². The van der Waals surface area contributed by atoms with Crippen LogP contribution < -0.4 is 4.90 Å². The number of aryl methyl sites for hydroxylation is 2. The lowest BCUT2D eigenvalue weighted by atomic mass is 10.1. The second kappa shape index (κ2) is 5.41. The number of pyridine rings is 1. The summed E-state index contributed by atoms with van der Waals surface area (Å²) in [6.45, 7) is 8.53. The van der Waals surface area contributed by atoms with Crippen molar-refractivity contribution in [2.24, 2.45) is 0 Å². The molecule has 0 radical (unpaired) electrons. The maximum atomic E-state index is 9.40. The molecule has 4 heteroatoms. The van der Waals surface area contributed by atoms with Crippen LogP contribution in [0.15, 0.2) is 6.07 Å². The van der Waals surface area contributed by atoms with Crippen LogP contribution in [0.4, 0.5) is 5.82 Å². The lowest BCUT2D eigenvalue weighted by molar-refractivity contribution is 0.260. The molecule has 2 fully saturated rings. The minimum absolute atomic E-state index is 0.645. The Balaban J connectivity index is 1.82. The molecule has 2 aliphatic rings. The number of rotatable bonds is 2. The van der Waals surface area contributed by atoms with E-state index in [1.165, 1.54) is 32.4 Å². The number of hydrogen-bond acceptors (Lipinski definition) is 4. The van der Waals surface area contributed by atoms with Gasteiger partial charge in [0, 0.05) is 24.8 Å². The molecule has 1 aromatic rings. The molecule has 1 aromatic heterocycles. The quantitative estimate of drug-likeness (QED) is 0.826. The number of nitrogens with zero attached hydrogens (tertiary/aromatic N) is 4. The van der Waals surface area contributed by atoms with Gasteiger partial charge in [0.25, 0.3) is 0 Å². The molecule has 1 unspecified atom stereocenters. The maximum absolute atomic E-state index is 9.40. The molecular formula is C16H22N4. The Hall–Kier alpha value is -1.60. The summed E-state index contributed by atoms with van der Waals surface area (Å²) < 4.78 is 0. The topological polar surface area (TPSA) is 43.2 Å². The second-order valence-electron chi connectivity index (χ2n) is 6.02. The summed E-state index contributed by atoms with van der Waals surface area (Å²) in [7, 11) is 0. The van der Waals surface area contributed by atoms with E-state index in [1.807, 2.05) is 19.9 Å². The fourth-order valence-electron chi connectivity index (χ4n) is 3.52. The van der Waals surface area contributed by atoms with Crippen LogP contribution in [-0.4, -0.2) is 42.1 Å². The van der Waals surface area contributed by atoms with E-state index in [1.54, 1.807) is 0 Å². The first-order valence-corrected chi connectivity index (χ1v) is 7.56. The largest absolute Gasteiger partial charge is 0.354 e. The Morgan fingerprint density at radius 2 is 2.00 bits per heavy atom. The van der Waals surface area contributed by atoms with Crippen molar-refractivity contribution in [3.63, 3.8) is 0 Å². The normalized spacial score (nSPS) is 23.2. The predicted octanol–water partition coefficient (Wildman–Crippen LogP) is 2.24. The lowest BCUT2D eigenvalue weighted by Crippen LogP contribution is -2.35. The molecule has 0 bridgehead atoms. The standard InChI is InChI=1S/C16H22N4/c1-12-9-13(2)18-16(15(12)10-17)20-8-5-14(11-20)19-6-3-4-7-19/h9,14H,3-8,11H2,1-2H3. The Morgan fingerprint density at radius 1 is 1.25 bits per heavy atom. The first-order chi connectivity index (χ1) is 9.69. The molecule has 20 heavy (non-hydrogen) atoms. The summed E-state index contributed by atoms with van der Waals surface area (Å²) >= 11 is 0. The van der Waals surface area contributed by atoms with Crippen LogP contribution in [0.1, 0.15) is 36.1 Å². The van der Waals surface area contributed by atoms with Crippen molar-refractivity contribution in [3.05, 3.63) is 22.9 Å². The van der Waals surface area contributed by atoms with Crippen LogP contribution in [0.25, 0.3) is 0 Å².